The van der Waals surface area contributed by atoms with Gasteiger partial charge in [0.2, 0.25) is 0 Å². The van der Waals surface area contributed by atoms with Crippen LogP contribution in [0.25, 0.3) is 0 Å². The maximum atomic E-state index is 13.1. The first-order chi connectivity index (χ1) is 8.31. The molecule has 0 bridgehead atoms. The highest BCUT2D eigenvalue weighted by atomic mass is 32.2. The summed E-state index contributed by atoms with van der Waals surface area (Å²) in [6.45, 7) is 6.38. The second-order valence-corrected chi connectivity index (χ2v) is 7.09. The Labute approximate surface area is 111 Å². The predicted molar refractivity (Wildman–Crippen MR) is 73.4 cm³/mol. The number of benzene rings is 1. The van der Waals surface area contributed by atoms with Gasteiger partial charge < -0.3 is 0 Å². The molecular weight excluding hydrogens is 254 g/mol. The van der Waals surface area contributed by atoms with Gasteiger partial charge in [-0.25, -0.2) is 8.78 Å². The molecule has 1 rings (SSSR count). The molecule has 0 amide bonds. The van der Waals surface area contributed by atoms with Crippen molar-refractivity contribution in [1.29, 1.82) is 0 Å². The molecule has 0 heterocycles. The van der Waals surface area contributed by atoms with E-state index in [0.29, 0.717) is 6.42 Å². The Hall–Kier alpha value is -0.650. The van der Waals surface area contributed by atoms with E-state index >= 15 is 0 Å². The molecule has 102 valence electrons. The number of hydrazine groups is 1. The molecule has 1 unspecified atom stereocenters. The van der Waals surface area contributed by atoms with Gasteiger partial charge in [0.1, 0.15) is 0 Å². The molecule has 0 aromatic heterocycles. The first-order valence-electron chi connectivity index (χ1n) is 5.86. The van der Waals surface area contributed by atoms with E-state index in [9.17, 15) is 8.78 Å². The minimum absolute atomic E-state index is 0.0408. The summed E-state index contributed by atoms with van der Waals surface area (Å²) >= 11 is 1.78. The number of hydrogen-bond donors (Lipinski definition) is 2. The van der Waals surface area contributed by atoms with Crippen molar-refractivity contribution in [3.8, 4) is 0 Å². The van der Waals surface area contributed by atoms with Crippen molar-refractivity contribution >= 4 is 11.8 Å². The van der Waals surface area contributed by atoms with Crippen molar-refractivity contribution in [2.45, 2.75) is 38.0 Å². The monoisotopic (exact) mass is 274 g/mol. The van der Waals surface area contributed by atoms with E-state index < -0.39 is 11.6 Å². The van der Waals surface area contributed by atoms with Crippen LogP contribution in [0.2, 0.25) is 0 Å². The van der Waals surface area contributed by atoms with Crippen LogP contribution >= 0.6 is 11.8 Å². The van der Waals surface area contributed by atoms with E-state index in [1.54, 1.807) is 17.8 Å². The molecule has 18 heavy (non-hydrogen) atoms. The van der Waals surface area contributed by atoms with Gasteiger partial charge in [0.05, 0.1) is 0 Å². The van der Waals surface area contributed by atoms with Crippen molar-refractivity contribution in [3.63, 3.8) is 0 Å². The van der Waals surface area contributed by atoms with Gasteiger partial charge in [0.15, 0.2) is 11.6 Å². The van der Waals surface area contributed by atoms with Gasteiger partial charge in [-0.05, 0) is 24.1 Å². The third-order valence-corrected chi connectivity index (χ3v) is 3.85. The Morgan fingerprint density at radius 3 is 2.44 bits per heavy atom. The van der Waals surface area contributed by atoms with E-state index in [1.807, 2.05) is 0 Å². The minimum Gasteiger partial charge on any atom is -0.271 e. The molecule has 0 saturated carbocycles. The first kappa shape index (κ1) is 15.4. The number of hydrogen-bond acceptors (Lipinski definition) is 3. The van der Waals surface area contributed by atoms with E-state index in [4.69, 9.17) is 5.84 Å². The summed E-state index contributed by atoms with van der Waals surface area (Å²) in [6, 6.07) is 4.00. The van der Waals surface area contributed by atoms with Crippen molar-refractivity contribution < 1.29 is 8.78 Å². The molecule has 1 atom stereocenters. The molecule has 1 aromatic rings. The molecule has 0 saturated heterocycles. The van der Waals surface area contributed by atoms with Gasteiger partial charge >= 0.3 is 0 Å². The van der Waals surface area contributed by atoms with Crippen LogP contribution in [0.1, 0.15) is 26.3 Å². The Balaban J connectivity index is 2.59. The van der Waals surface area contributed by atoms with Crippen LogP contribution in [0.15, 0.2) is 18.2 Å². The van der Waals surface area contributed by atoms with Crippen LogP contribution in [0.5, 0.6) is 0 Å². The number of thioether (sulfide) groups is 1. The van der Waals surface area contributed by atoms with Crippen LogP contribution in [0.4, 0.5) is 8.78 Å². The topological polar surface area (TPSA) is 38.0 Å². The average Bonchev–Trinajstić information content (AvgIpc) is 2.28. The van der Waals surface area contributed by atoms with Crippen LogP contribution in [-0.4, -0.2) is 16.5 Å². The Kier molecular flexibility index (Phi) is 5.56. The minimum atomic E-state index is -0.819. The van der Waals surface area contributed by atoms with Crippen molar-refractivity contribution in [2.24, 2.45) is 5.84 Å². The smallest absolute Gasteiger partial charge is 0.159 e. The molecule has 0 spiro atoms. The SMILES string of the molecule is CC(C)(C)SCC(Cc1ccc(F)c(F)c1)NN. The third kappa shape index (κ3) is 5.33. The quantitative estimate of drug-likeness (QED) is 0.640. The molecule has 0 aliphatic carbocycles. The molecule has 3 N–H and O–H groups in total. The zero-order chi connectivity index (χ0) is 13.8. The summed E-state index contributed by atoms with van der Waals surface area (Å²) in [4.78, 5) is 0. The summed E-state index contributed by atoms with van der Waals surface area (Å²) in [7, 11) is 0. The highest BCUT2D eigenvalue weighted by Crippen LogP contribution is 2.24. The van der Waals surface area contributed by atoms with Crippen LogP contribution in [-0.2, 0) is 6.42 Å². The standard InChI is InChI=1S/C13H20F2N2S/c1-13(2,3)18-8-10(17-16)6-9-4-5-11(14)12(15)7-9/h4-5,7,10,17H,6,8,16H2,1-3H3. The lowest BCUT2D eigenvalue weighted by Gasteiger charge is -2.22. The van der Waals surface area contributed by atoms with Crippen LogP contribution in [0.3, 0.4) is 0 Å². The third-order valence-electron chi connectivity index (χ3n) is 2.42. The number of rotatable bonds is 5. The van der Waals surface area contributed by atoms with E-state index in [1.165, 1.54) is 6.07 Å². The van der Waals surface area contributed by atoms with E-state index in [2.05, 4.69) is 26.2 Å². The molecule has 1 aromatic carbocycles. The lowest BCUT2D eigenvalue weighted by Crippen LogP contribution is -2.39. The average molecular weight is 274 g/mol. The normalized spacial score (nSPS) is 13.7. The Bertz CT molecular complexity index is 391. The predicted octanol–water partition coefficient (Wildman–Crippen LogP) is 2.87. The molecule has 0 fully saturated rings. The van der Waals surface area contributed by atoms with Gasteiger partial charge in [-0.1, -0.05) is 26.8 Å². The molecule has 0 aliphatic rings. The highest BCUT2D eigenvalue weighted by molar-refractivity contribution is 8.00. The van der Waals surface area contributed by atoms with Gasteiger partial charge in [-0.3, -0.25) is 11.3 Å². The maximum Gasteiger partial charge on any atom is 0.159 e. The zero-order valence-corrected chi connectivity index (χ0v) is 11.8. The fourth-order valence-electron chi connectivity index (χ4n) is 1.47. The maximum absolute atomic E-state index is 13.1. The first-order valence-corrected chi connectivity index (χ1v) is 6.84. The second kappa shape index (κ2) is 6.50. The molecule has 0 aliphatic heterocycles. The highest BCUT2D eigenvalue weighted by Gasteiger charge is 2.15. The molecule has 0 radical (unpaired) electrons. The molecular formula is C13H20F2N2S. The van der Waals surface area contributed by atoms with Gasteiger partial charge in [-0.15, -0.1) is 0 Å². The number of halogens is 2. The summed E-state index contributed by atoms with van der Waals surface area (Å²) in [5, 5.41) is 0. The largest absolute Gasteiger partial charge is 0.271 e. The molecule has 2 nitrogen and oxygen atoms in total. The number of nitrogens with two attached hydrogens (primary N) is 1. The fourth-order valence-corrected chi connectivity index (χ4v) is 2.38. The Morgan fingerprint density at radius 2 is 1.94 bits per heavy atom. The van der Waals surface area contributed by atoms with Gasteiger partial charge in [0, 0.05) is 16.5 Å². The second-order valence-electron chi connectivity index (χ2n) is 5.24. The van der Waals surface area contributed by atoms with Crippen molar-refractivity contribution in [3.05, 3.63) is 35.4 Å². The van der Waals surface area contributed by atoms with Crippen molar-refractivity contribution in [2.75, 3.05) is 5.75 Å². The zero-order valence-electron chi connectivity index (χ0n) is 11.0. The van der Waals surface area contributed by atoms with Gasteiger partial charge in [0.25, 0.3) is 0 Å². The summed E-state index contributed by atoms with van der Waals surface area (Å²) in [5.74, 6) is 4.67. The van der Waals surface area contributed by atoms with Gasteiger partial charge in [-0.2, -0.15) is 11.8 Å². The van der Waals surface area contributed by atoms with Crippen molar-refractivity contribution in [1.82, 2.24) is 5.43 Å². The lowest BCUT2D eigenvalue weighted by molar-refractivity contribution is 0.504. The van der Waals surface area contributed by atoms with Crippen LogP contribution < -0.4 is 11.3 Å². The van der Waals surface area contributed by atoms with E-state index in [-0.39, 0.29) is 10.8 Å². The summed E-state index contributed by atoms with van der Waals surface area (Å²) in [6.07, 6.45) is 0.580. The lowest BCUT2D eigenvalue weighted by atomic mass is 10.1. The summed E-state index contributed by atoms with van der Waals surface area (Å²) < 4.78 is 26.0. The molecule has 5 heteroatoms. The number of nitrogens with one attached hydrogen (secondary N) is 1. The van der Waals surface area contributed by atoms with Crippen LogP contribution in [0, 0.1) is 11.6 Å². The fraction of sp³-hybridized carbons (Fsp3) is 0.538. The summed E-state index contributed by atoms with van der Waals surface area (Å²) in [5.41, 5.74) is 3.46. The Morgan fingerprint density at radius 1 is 1.28 bits per heavy atom. The van der Waals surface area contributed by atoms with E-state index in [0.717, 1.165) is 17.4 Å².